The Morgan fingerprint density at radius 3 is 2.56 bits per heavy atom. The highest BCUT2D eigenvalue weighted by Gasteiger charge is 2.20. The van der Waals surface area contributed by atoms with E-state index in [9.17, 15) is 9.59 Å². The minimum absolute atomic E-state index is 0.340. The number of unbranched alkanes of at least 4 members (excludes halogenated alkanes) is 2. The zero-order chi connectivity index (χ0) is 19.6. The molecule has 3 rings (SSSR count). The Kier molecular flexibility index (Phi) is 6.11. The summed E-state index contributed by atoms with van der Waals surface area (Å²) in [7, 11) is 3.13. The van der Waals surface area contributed by atoms with Crippen LogP contribution in [-0.2, 0) is 20.6 Å². The first-order chi connectivity index (χ1) is 13.0. The molecular formula is C19H23ClN4O2S. The molecule has 8 heteroatoms. The predicted octanol–water partition coefficient (Wildman–Crippen LogP) is 3.42. The van der Waals surface area contributed by atoms with Gasteiger partial charge < -0.3 is 4.57 Å². The van der Waals surface area contributed by atoms with Crippen molar-refractivity contribution in [3.05, 3.63) is 55.7 Å². The van der Waals surface area contributed by atoms with E-state index < -0.39 is 0 Å². The van der Waals surface area contributed by atoms with Crippen LogP contribution in [0.1, 0.15) is 31.7 Å². The highest BCUT2D eigenvalue weighted by molar-refractivity contribution is 7.99. The van der Waals surface area contributed by atoms with Gasteiger partial charge in [0.05, 0.1) is 6.54 Å². The number of aromatic nitrogens is 4. The summed E-state index contributed by atoms with van der Waals surface area (Å²) in [5, 5.41) is 1.38. The summed E-state index contributed by atoms with van der Waals surface area (Å²) >= 11 is 7.95. The summed E-state index contributed by atoms with van der Waals surface area (Å²) in [6.45, 7) is 2.59. The van der Waals surface area contributed by atoms with Gasteiger partial charge >= 0.3 is 5.69 Å². The van der Waals surface area contributed by atoms with Crippen molar-refractivity contribution in [2.24, 2.45) is 14.1 Å². The maximum atomic E-state index is 12.8. The van der Waals surface area contributed by atoms with Crippen LogP contribution in [0.15, 0.2) is 39.0 Å². The SMILES string of the molecule is CCCCCSc1nc2c(c(=O)n(C)c(=O)n2C)n1Cc1ccccc1Cl. The Morgan fingerprint density at radius 1 is 1.11 bits per heavy atom. The van der Waals surface area contributed by atoms with Crippen LogP contribution in [0, 0.1) is 0 Å². The van der Waals surface area contributed by atoms with Crippen molar-refractivity contribution in [2.75, 3.05) is 5.75 Å². The molecule has 0 bridgehead atoms. The summed E-state index contributed by atoms with van der Waals surface area (Å²) in [5.74, 6) is 0.911. The normalized spacial score (nSPS) is 11.4. The van der Waals surface area contributed by atoms with Gasteiger partial charge in [-0.3, -0.25) is 13.9 Å². The van der Waals surface area contributed by atoms with E-state index in [1.807, 2.05) is 28.8 Å². The predicted molar refractivity (Wildman–Crippen MR) is 111 cm³/mol. The van der Waals surface area contributed by atoms with E-state index in [0.717, 1.165) is 40.3 Å². The van der Waals surface area contributed by atoms with E-state index in [-0.39, 0.29) is 11.2 Å². The van der Waals surface area contributed by atoms with E-state index >= 15 is 0 Å². The minimum atomic E-state index is -0.377. The smallest absolute Gasteiger partial charge is 0.309 e. The summed E-state index contributed by atoms with van der Waals surface area (Å²) in [6, 6.07) is 7.56. The average Bonchev–Trinajstić information content (AvgIpc) is 3.02. The van der Waals surface area contributed by atoms with Crippen LogP contribution in [0.5, 0.6) is 0 Å². The Labute approximate surface area is 166 Å². The zero-order valence-corrected chi connectivity index (χ0v) is 17.3. The number of hydrogen-bond donors (Lipinski definition) is 0. The highest BCUT2D eigenvalue weighted by atomic mass is 35.5. The van der Waals surface area contributed by atoms with Crippen molar-refractivity contribution >= 4 is 34.5 Å². The lowest BCUT2D eigenvalue weighted by Gasteiger charge is -2.10. The topological polar surface area (TPSA) is 61.8 Å². The van der Waals surface area contributed by atoms with E-state index in [1.165, 1.54) is 11.6 Å². The fourth-order valence-electron chi connectivity index (χ4n) is 3.00. The van der Waals surface area contributed by atoms with Gasteiger partial charge in [0.15, 0.2) is 16.3 Å². The van der Waals surface area contributed by atoms with Crippen LogP contribution < -0.4 is 11.2 Å². The minimum Gasteiger partial charge on any atom is -0.309 e. The summed E-state index contributed by atoms with van der Waals surface area (Å²) in [4.78, 5) is 29.7. The molecule has 0 aliphatic rings. The van der Waals surface area contributed by atoms with Crippen molar-refractivity contribution in [3.8, 4) is 0 Å². The van der Waals surface area contributed by atoms with Crippen LogP contribution in [-0.4, -0.2) is 24.4 Å². The van der Waals surface area contributed by atoms with Crippen LogP contribution in [0.3, 0.4) is 0 Å². The molecule has 144 valence electrons. The largest absolute Gasteiger partial charge is 0.332 e. The molecule has 27 heavy (non-hydrogen) atoms. The number of halogens is 1. The van der Waals surface area contributed by atoms with E-state index in [2.05, 4.69) is 11.9 Å². The van der Waals surface area contributed by atoms with Crippen molar-refractivity contribution in [2.45, 2.75) is 37.9 Å². The molecule has 2 heterocycles. The first kappa shape index (κ1) is 19.8. The molecule has 0 unspecified atom stereocenters. The molecule has 0 spiro atoms. The number of rotatable bonds is 7. The molecule has 0 fully saturated rings. The van der Waals surface area contributed by atoms with Crippen molar-refractivity contribution in [1.82, 2.24) is 18.7 Å². The van der Waals surface area contributed by atoms with E-state index in [4.69, 9.17) is 11.6 Å². The van der Waals surface area contributed by atoms with Gasteiger partial charge in [-0.25, -0.2) is 9.78 Å². The van der Waals surface area contributed by atoms with Gasteiger partial charge in [-0.1, -0.05) is 61.3 Å². The monoisotopic (exact) mass is 406 g/mol. The lowest BCUT2D eigenvalue weighted by molar-refractivity contribution is 0.696. The summed E-state index contributed by atoms with van der Waals surface area (Å²) < 4.78 is 4.43. The second-order valence-corrected chi connectivity index (χ2v) is 7.97. The standard InChI is InChI=1S/C19H23ClN4O2S/c1-4-5-8-11-27-18-21-16-15(17(25)23(3)19(26)22(16)2)24(18)12-13-9-6-7-10-14(13)20/h6-7,9-10H,4-5,8,11-12H2,1-3H3. The Morgan fingerprint density at radius 2 is 1.85 bits per heavy atom. The maximum Gasteiger partial charge on any atom is 0.332 e. The Bertz CT molecular complexity index is 1080. The number of imidazole rings is 1. The summed E-state index contributed by atoms with van der Waals surface area (Å²) in [5.41, 5.74) is 1.03. The number of aryl methyl sites for hydroxylation is 1. The van der Waals surface area contributed by atoms with Crippen LogP contribution in [0.25, 0.3) is 11.2 Å². The van der Waals surface area contributed by atoms with Crippen LogP contribution >= 0.6 is 23.4 Å². The fourth-order valence-corrected chi connectivity index (χ4v) is 4.19. The average molecular weight is 407 g/mol. The second-order valence-electron chi connectivity index (χ2n) is 6.51. The van der Waals surface area contributed by atoms with Gasteiger partial charge in [0.2, 0.25) is 0 Å². The van der Waals surface area contributed by atoms with Gasteiger partial charge in [0, 0.05) is 24.9 Å². The van der Waals surface area contributed by atoms with E-state index in [1.54, 1.807) is 18.8 Å². The number of nitrogens with zero attached hydrogens (tertiary/aromatic N) is 4. The molecule has 0 amide bonds. The van der Waals surface area contributed by atoms with Crippen molar-refractivity contribution < 1.29 is 0 Å². The Hall–Kier alpha value is -1.99. The zero-order valence-electron chi connectivity index (χ0n) is 15.7. The van der Waals surface area contributed by atoms with Gasteiger partial charge in [-0.05, 0) is 18.1 Å². The summed E-state index contributed by atoms with van der Waals surface area (Å²) in [6.07, 6.45) is 3.37. The maximum absolute atomic E-state index is 12.8. The lowest BCUT2D eigenvalue weighted by Crippen LogP contribution is -2.37. The van der Waals surface area contributed by atoms with Crippen LogP contribution in [0.4, 0.5) is 0 Å². The third-order valence-corrected chi connectivity index (χ3v) is 6.01. The molecule has 0 saturated carbocycles. The molecule has 0 radical (unpaired) electrons. The molecule has 0 saturated heterocycles. The number of benzene rings is 1. The van der Waals surface area contributed by atoms with E-state index in [0.29, 0.717) is 22.7 Å². The molecule has 6 nitrogen and oxygen atoms in total. The van der Waals surface area contributed by atoms with Gasteiger partial charge in [0.25, 0.3) is 5.56 Å². The second kappa shape index (κ2) is 8.35. The third kappa shape index (κ3) is 3.84. The molecule has 2 aromatic heterocycles. The molecule has 3 aromatic rings. The molecular weight excluding hydrogens is 384 g/mol. The molecule has 0 N–H and O–H groups in total. The van der Waals surface area contributed by atoms with Crippen molar-refractivity contribution in [1.29, 1.82) is 0 Å². The van der Waals surface area contributed by atoms with Gasteiger partial charge in [-0.2, -0.15) is 0 Å². The van der Waals surface area contributed by atoms with Gasteiger partial charge in [0.1, 0.15) is 0 Å². The first-order valence-corrected chi connectivity index (χ1v) is 10.3. The molecule has 1 aromatic carbocycles. The lowest BCUT2D eigenvalue weighted by atomic mass is 10.2. The van der Waals surface area contributed by atoms with Crippen LogP contribution in [0.2, 0.25) is 5.02 Å². The van der Waals surface area contributed by atoms with Crippen molar-refractivity contribution in [3.63, 3.8) is 0 Å². The number of thioether (sulfide) groups is 1. The first-order valence-electron chi connectivity index (χ1n) is 8.98. The van der Waals surface area contributed by atoms with Gasteiger partial charge in [-0.15, -0.1) is 0 Å². The third-order valence-electron chi connectivity index (χ3n) is 4.58. The highest BCUT2D eigenvalue weighted by Crippen LogP contribution is 2.26. The quantitative estimate of drug-likeness (QED) is 0.445. The number of hydrogen-bond acceptors (Lipinski definition) is 4. The molecule has 0 aliphatic heterocycles. The fraction of sp³-hybridized carbons (Fsp3) is 0.421. The molecule has 0 atom stereocenters. The Balaban J connectivity index is 2.16. The number of fused-ring (bicyclic) bond motifs is 1. The molecule has 0 aliphatic carbocycles.